The van der Waals surface area contributed by atoms with Gasteiger partial charge in [-0.1, -0.05) is 24.8 Å². The summed E-state index contributed by atoms with van der Waals surface area (Å²) >= 11 is 0. The van der Waals surface area contributed by atoms with E-state index < -0.39 is 0 Å². The maximum Gasteiger partial charge on any atom is 0.321 e. The van der Waals surface area contributed by atoms with Crippen molar-refractivity contribution in [1.29, 1.82) is 0 Å². The quantitative estimate of drug-likeness (QED) is 0.460. The molecule has 0 fully saturated rings. The number of aromatic nitrogens is 5. The van der Waals surface area contributed by atoms with E-state index >= 15 is 0 Å². The Kier molecular flexibility index (Phi) is 5.29. The van der Waals surface area contributed by atoms with Gasteiger partial charge in [0.25, 0.3) is 0 Å². The first-order valence-electron chi connectivity index (χ1n) is 10.7. The van der Waals surface area contributed by atoms with Crippen LogP contribution in [-0.2, 0) is 11.8 Å². The van der Waals surface area contributed by atoms with Crippen LogP contribution in [0.15, 0.2) is 67.3 Å². The number of rotatable bonds is 5. The standard InChI is InChI=1S/C25H23N7O2/c1-15(2)24(33)32-12-9-17(13-32)21-19(20-22(26)29-14-30-23(20)31(21)3)16-5-7-18(8-6-16)34-25-27-10-4-11-28-25/h4-11,14H,1,12-13H2,2-3H3,(H2,26,29,30). The molecule has 0 saturated heterocycles. The molecule has 0 atom stereocenters. The fourth-order valence-corrected chi connectivity index (χ4v) is 4.22. The van der Waals surface area contributed by atoms with Gasteiger partial charge in [-0.2, -0.15) is 0 Å². The van der Waals surface area contributed by atoms with Crippen LogP contribution in [0.1, 0.15) is 12.6 Å². The zero-order valence-electron chi connectivity index (χ0n) is 18.9. The van der Waals surface area contributed by atoms with Crippen molar-refractivity contribution in [1.82, 2.24) is 29.4 Å². The lowest BCUT2D eigenvalue weighted by Gasteiger charge is -2.17. The van der Waals surface area contributed by atoms with E-state index in [1.54, 1.807) is 30.3 Å². The number of carbonyl (C=O) groups excluding carboxylic acids is 1. The van der Waals surface area contributed by atoms with E-state index in [-0.39, 0.29) is 11.9 Å². The monoisotopic (exact) mass is 453 g/mol. The molecule has 1 aliphatic rings. The summed E-state index contributed by atoms with van der Waals surface area (Å²) in [5, 5.41) is 0.769. The van der Waals surface area contributed by atoms with Crippen LogP contribution in [-0.4, -0.2) is 48.4 Å². The third kappa shape index (κ3) is 3.66. The average Bonchev–Trinajstić information content (AvgIpc) is 3.43. The van der Waals surface area contributed by atoms with Gasteiger partial charge >= 0.3 is 6.01 Å². The molecule has 0 spiro atoms. The Hall–Kier alpha value is -4.53. The van der Waals surface area contributed by atoms with Gasteiger partial charge in [-0.3, -0.25) is 4.79 Å². The molecule has 0 radical (unpaired) electrons. The molecule has 1 aliphatic heterocycles. The fourth-order valence-electron chi connectivity index (χ4n) is 4.22. The Bertz CT molecular complexity index is 1440. The number of aryl methyl sites for hydroxylation is 1. The molecule has 5 rings (SSSR count). The molecule has 9 nitrogen and oxygen atoms in total. The average molecular weight is 454 g/mol. The molecule has 0 aliphatic carbocycles. The number of ether oxygens (including phenoxy) is 1. The van der Waals surface area contributed by atoms with Crippen LogP contribution >= 0.6 is 0 Å². The number of fused-ring (bicyclic) bond motifs is 1. The van der Waals surface area contributed by atoms with Crippen molar-refractivity contribution in [3.63, 3.8) is 0 Å². The van der Waals surface area contributed by atoms with Crippen molar-refractivity contribution < 1.29 is 9.53 Å². The third-order valence-corrected chi connectivity index (χ3v) is 5.77. The zero-order valence-corrected chi connectivity index (χ0v) is 18.9. The van der Waals surface area contributed by atoms with Gasteiger partial charge in [0.2, 0.25) is 5.91 Å². The molecule has 34 heavy (non-hydrogen) atoms. The molecule has 0 unspecified atom stereocenters. The fraction of sp³-hybridized carbons (Fsp3) is 0.160. The molecule has 4 aromatic rings. The molecule has 1 amide bonds. The summed E-state index contributed by atoms with van der Waals surface area (Å²) < 4.78 is 7.74. The van der Waals surface area contributed by atoms with Crippen molar-refractivity contribution in [2.75, 3.05) is 18.8 Å². The van der Waals surface area contributed by atoms with Gasteiger partial charge in [0.15, 0.2) is 0 Å². The Morgan fingerprint density at radius 3 is 2.56 bits per heavy atom. The molecule has 3 aromatic heterocycles. The highest BCUT2D eigenvalue weighted by atomic mass is 16.5. The van der Waals surface area contributed by atoms with Crippen molar-refractivity contribution >= 4 is 28.3 Å². The van der Waals surface area contributed by atoms with Crippen LogP contribution in [0.2, 0.25) is 0 Å². The molecule has 0 bridgehead atoms. The van der Waals surface area contributed by atoms with Crippen LogP contribution in [0, 0.1) is 0 Å². The minimum atomic E-state index is -0.0597. The summed E-state index contributed by atoms with van der Waals surface area (Å²) in [7, 11) is 1.95. The summed E-state index contributed by atoms with van der Waals surface area (Å²) in [4.78, 5) is 31.2. The highest BCUT2D eigenvalue weighted by Crippen LogP contribution is 2.41. The second-order valence-electron chi connectivity index (χ2n) is 8.09. The maximum atomic E-state index is 12.5. The molecular formula is C25H23N7O2. The van der Waals surface area contributed by atoms with E-state index in [4.69, 9.17) is 10.5 Å². The molecule has 1 aromatic carbocycles. The maximum absolute atomic E-state index is 12.5. The molecular weight excluding hydrogens is 430 g/mol. The van der Waals surface area contributed by atoms with Crippen LogP contribution in [0.3, 0.4) is 0 Å². The van der Waals surface area contributed by atoms with E-state index in [1.165, 1.54) is 6.33 Å². The number of nitrogen functional groups attached to an aromatic ring is 1. The smallest absolute Gasteiger partial charge is 0.321 e. The summed E-state index contributed by atoms with van der Waals surface area (Å²) in [6.07, 6.45) is 6.77. The van der Waals surface area contributed by atoms with Crippen molar-refractivity contribution in [2.24, 2.45) is 7.05 Å². The number of nitrogens with two attached hydrogens (primary N) is 1. The van der Waals surface area contributed by atoms with Gasteiger partial charge in [0, 0.05) is 43.7 Å². The SMILES string of the molecule is C=C(C)C(=O)N1CC=C(c2c(-c3ccc(Oc4ncccn4)cc3)c3c(N)ncnc3n2C)C1. The lowest BCUT2D eigenvalue weighted by Crippen LogP contribution is -2.29. The van der Waals surface area contributed by atoms with E-state index in [0.717, 1.165) is 33.4 Å². The Balaban J connectivity index is 1.58. The number of nitrogens with zero attached hydrogens (tertiary/aromatic N) is 6. The molecule has 2 N–H and O–H groups in total. The van der Waals surface area contributed by atoms with E-state index in [2.05, 4.69) is 32.6 Å². The first-order valence-corrected chi connectivity index (χ1v) is 10.7. The van der Waals surface area contributed by atoms with E-state index in [9.17, 15) is 4.79 Å². The second kappa shape index (κ2) is 8.43. The predicted molar refractivity (Wildman–Crippen MR) is 130 cm³/mol. The van der Waals surface area contributed by atoms with Crippen LogP contribution in [0.5, 0.6) is 11.8 Å². The van der Waals surface area contributed by atoms with Crippen molar-refractivity contribution in [2.45, 2.75) is 6.92 Å². The summed E-state index contributed by atoms with van der Waals surface area (Å²) in [6, 6.07) is 9.62. The molecule has 170 valence electrons. The minimum Gasteiger partial charge on any atom is -0.424 e. The highest BCUT2D eigenvalue weighted by molar-refractivity contribution is 6.06. The number of hydrogen-bond acceptors (Lipinski definition) is 7. The van der Waals surface area contributed by atoms with Crippen LogP contribution in [0.25, 0.3) is 27.7 Å². The normalized spacial score (nSPS) is 13.2. The van der Waals surface area contributed by atoms with Gasteiger partial charge in [-0.05, 0) is 36.3 Å². The summed E-state index contributed by atoms with van der Waals surface area (Å²) in [6.45, 7) is 6.51. The lowest BCUT2D eigenvalue weighted by molar-refractivity contribution is -0.125. The lowest BCUT2D eigenvalue weighted by atomic mass is 9.99. The summed E-state index contributed by atoms with van der Waals surface area (Å²) in [5.74, 6) is 0.947. The van der Waals surface area contributed by atoms with Crippen molar-refractivity contribution in [3.8, 4) is 22.9 Å². The van der Waals surface area contributed by atoms with Gasteiger partial charge in [0.1, 0.15) is 23.5 Å². The highest BCUT2D eigenvalue weighted by Gasteiger charge is 2.28. The molecule has 0 saturated carbocycles. The zero-order chi connectivity index (χ0) is 23.8. The predicted octanol–water partition coefficient (Wildman–Crippen LogP) is 3.60. The number of carbonyl (C=O) groups is 1. The number of amides is 1. The van der Waals surface area contributed by atoms with E-state index in [0.29, 0.717) is 30.2 Å². The van der Waals surface area contributed by atoms with Gasteiger partial charge in [-0.25, -0.2) is 19.9 Å². The molecule has 4 heterocycles. The van der Waals surface area contributed by atoms with Gasteiger partial charge < -0.3 is 19.9 Å². The van der Waals surface area contributed by atoms with E-state index in [1.807, 2.05) is 35.9 Å². The third-order valence-electron chi connectivity index (χ3n) is 5.77. The first-order chi connectivity index (χ1) is 16.4. The Labute approximate surface area is 196 Å². The number of anilines is 1. The van der Waals surface area contributed by atoms with Crippen LogP contribution in [0.4, 0.5) is 5.82 Å². The van der Waals surface area contributed by atoms with Crippen molar-refractivity contribution in [3.05, 3.63) is 73.0 Å². The summed E-state index contributed by atoms with van der Waals surface area (Å²) in [5.41, 5.74) is 11.4. The number of benzene rings is 1. The minimum absolute atomic E-state index is 0.0597. The second-order valence-corrected chi connectivity index (χ2v) is 8.09. The first kappa shape index (κ1) is 21.3. The van der Waals surface area contributed by atoms with Crippen LogP contribution < -0.4 is 10.5 Å². The Morgan fingerprint density at radius 1 is 1.12 bits per heavy atom. The van der Waals surface area contributed by atoms with Gasteiger partial charge in [0.05, 0.1) is 11.1 Å². The largest absolute Gasteiger partial charge is 0.424 e. The number of hydrogen-bond donors (Lipinski definition) is 1. The topological polar surface area (TPSA) is 112 Å². The van der Waals surface area contributed by atoms with Gasteiger partial charge in [-0.15, -0.1) is 0 Å². The molecule has 9 heteroatoms. The Morgan fingerprint density at radius 2 is 1.85 bits per heavy atom.